The zero-order valence-electron chi connectivity index (χ0n) is 50.7. The van der Waals surface area contributed by atoms with Crippen LogP contribution >= 0.6 is 0 Å². The molecule has 3 spiro atoms. The summed E-state index contributed by atoms with van der Waals surface area (Å²) in [5, 5.41) is 13.4. The summed E-state index contributed by atoms with van der Waals surface area (Å²) in [6.07, 6.45) is -3.90. The highest BCUT2D eigenvalue weighted by Gasteiger charge is 2.54. The average molecular weight is 1310 g/mol. The zero-order valence-corrected chi connectivity index (χ0v) is 50.7. The van der Waals surface area contributed by atoms with Crippen LogP contribution in [0, 0.1) is 28.1 Å². The lowest BCUT2D eigenvalue weighted by Gasteiger charge is -2.45. The fraction of sp³-hybridized carbons (Fsp3) is 0.391. The first-order valence-corrected chi connectivity index (χ1v) is 29.7. The molecule has 3 aromatic carbocycles. The minimum Gasteiger partial charge on any atom is -0.383 e. The highest BCUT2D eigenvalue weighted by molar-refractivity contribution is 6.05. The second-order valence-electron chi connectivity index (χ2n) is 24.9. The van der Waals surface area contributed by atoms with E-state index in [9.17, 15) is 68.3 Å². The van der Waals surface area contributed by atoms with E-state index in [1.807, 2.05) is 0 Å². The molecule has 30 heteroatoms. The summed E-state index contributed by atoms with van der Waals surface area (Å²) in [6.45, 7) is 12.5. The predicted molar refractivity (Wildman–Crippen MR) is 326 cm³/mol. The van der Waals surface area contributed by atoms with Gasteiger partial charge in [0.2, 0.25) is 11.8 Å². The molecule has 12 rings (SSSR count). The monoisotopic (exact) mass is 1310 g/mol. The van der Waals surface area contributed by atoms with Gasteiger partial charge in [-0.25, -0.2) is 14.0 Å². The molecule has 6 aromatic rings. The Morgan fingerprint density at radius 1 is 0.468 bits per heavy atom. The predicted octanol–water partition coefficient (Wildman–Crippen LogP) is 8.81. The van der Waals surface area contributed by atoms with Gasteiger partial charge in [0.1, 0.15) is 51.2 Å². The van der Waals surface area contributed by atoms with Crippen LogP contribution in [-0.2, 0) is 32.9 Å². The number of rotatable bonds is 11. The van der Waals surface area contributed by atoms with Crippen LogP contribution in [0.25, 0.3) is 33.8 Å². The van der Waals surface area contributed by atoms with Crippen molar-refractivity contribution >= 4 is 52.9 Å². The molecule has 3 saturated heterocycles. The number of halogens is 9. The number of carbonyl (C=O) groups is 6. The van der Waals surface area contributed by atoms with E-state index in [1.54, 1.807) is 21.6 Å². The quantitative estimate of drug-likeness (QED) is 0.0403. The number of hydrogen-bond donors (Lipinski definition) is 6. The van der Waals surface area contributed by atoms with Gasteiger partial charge in [-0.05, 0) is 135 Å². The first-order valence-electron chi connectivity index (χ1n) is 29.7. The molecular formula is C64H66F9N15O6. The van der Waals surface area contributed by atoms with E-state index in [4.69, 9.17) is 34.4 Å². The van der Waals surface area contributed by atoms with Gasteiger partial charge in [0, 0.05) is 56.0 Å². The van der Waals surface area contributed by atoms with Crippen molar-refractivity contribution in [2.45, 2.75) is 101 Å². The van der Waals surface area contributed by atoms with Crippen molar-refractivity contribution in [1.82, 2.24) is 44.0 Å². The third-order valence-corrected chi connectivity index (χ3v) is 18.9. The molecule has 6 aliphatic rings. The van der Waals surface area contributed by atoms with Gasteiger partial charge in [-0.15, -0.1) is 0 Å². The smallest absolute Gasteiger partial charge is 0.383 e. The number of alkyl halides is 9. The lowest BCUT2D eigenvalue weighted by Crippen LogP contribution is -2.42. The third kappa shape index (κ3) is 12.9. The molecule has 6 fully saturated rings. The number of amides is 6. The van der Waals surface area contributed by atoms with Gasteiger partial charge in [-0.1, -0.05) is 55.5 Å². The first kappa shape index (κ1) is 66.8. The second kappa shape index (κ2) is 24.8. The van der Waals surface area contributed by atoms with Crippen molar-refractivity contribution in [2.75, 3.05) is 56.5 Å². The van der Waals surface area contributed by atoms with E-state index in [0.29, 0.717) is 68.8 Å². The van der Waals surface area contributed by atoms with Gasteiger partial charge in [-0.3, -0.25) is 28.8 Å². The highest BCUT2D eigenvalue weighted by Crippen LogP contribution is 2.57. The maximum Gasteiger partial charge on any atom is 0.416 e. The van der Waals surface area contributed by atoms with Crippen molar-refractivity contribution in [1.29, 1.82) is 0 Å². The van der Waals surface area contributed by atoms with Crippen molar-refractivity contribution < 1.29 is 68.3 Å². The van der Waals surface area contributed by atoms with Crippen molar-refractivity contribution in [3.05, 3.63) is 131 Å². The minimum atomic E-state index is -4.47. The van der Waals surface area contributed by atoms with Crippen LogP contribution in [0.1, 0.15) is 131 Å². The number of primary amides is 3. The number of carbonyl (C=O) groups excluding carboxylic acids is 6. The summed E-state index contributed by atoms with van der Waals surface area (Å²) in [5.41, 5.74) is 34.0. The molecule has 21 nitrogen and oxygen atoms in total. The molecule has 3 aliphatic heterocycles. The number of aromatic nitrogens is 6. The molecule has 3 saturated carbocycles. The van der Waals surface area contributed by atoms with E-state index in [2.05, 4.69) is 40.3 Å². The van der Waals surface area contributed by atoms with Crippen LogP contribution in [0.4, 0.5) is 57.0 Å². The van der Waals surface area contributed by atoms with Crippen LogP contribution < -0.4 is 34.4 Å². The van der Waals surface area contributed by atoms with E-state index in [-0.39, 0.29) is 103 Å². The Kier molecular flexibility index (Phi) is 17.6. The lowest BCUT2D eigenvalue weighted by atomic mass is 9.65. The first-order chi connectivity index (χ1) is 44.1. The van der Waals surface area contributed by atoms with Gasteiger partial charge >= 0.3 is 18.5 Å². The fourth-order valence-electron chi connectivity index (χ4n) is 14.1. The van der Waals surface area contributed by atoms with E-state index >= 15 is 0 Å². The van der Waals surface area contributed by atoms with Gasteiger partial charge in [0.25, 0.3) is 23.6 Å². The zero-order chi connectivity index (χ0) is 68.4. The molecule has 12 N–H and O–H groups in total. The number of benzene rings is 3. The number of nitrogens with two attached hydrogens (primary N) is 6. The highest BCUT2D eigenvalue weighted by atomic mass is 19.4. The van der Waals surface area contributed by atoms with Gasteiger partial charge in [-0.2, -0.15) is 54.8 Å². The Balaban J connectivity index is 0.000000154. The maximum absolute atomic E-state index is 12.9. The molecule has 6 heterocycles. The van der Waals surface area contributed by atoms with Crippen LogP contribution in [0.15, 0.2) is 98.1 Å². The Labute approximate surface area is 531 Å². The third-order valence-electron chi connectivity index (χ3n) is 18.9. The molecule has 0 bridgehead atoms. The molecule has 3 aromatic heterocycles. The Morgan fingerprint density at radius 2 is 0.723 bits per heavy atom. The molecular weight excluding hydrogens is 1250 g/mol. The molecule has 0 radical (unpaired) electrons. The topological polar surface area (TPSA) is 322 Å². The van der Waals surface area contributed by atoms with E-state index < -0.39 is 52.9 Å². The number of hydrogen-bond acceptors (Lipinski definition) is 12. The van der Waals surface area contributed by atoms with Crippen LogP contribution in [0.2, 0.25) is 0 Å². The molecule has 94 heavy (non-hydrogen) atoms. The molecule has 6 amide bonds. The van der Waals surface area contributed by atoms with Crippen LogP contribution in [0.5, 0.6) is 0 Å². The number of likely N-dealkylation sites (tertiary alicyclic amines) is 3. The largest absolute Gasteiger partial charge is 0.416 e. The van der Waals surface area contributed by atoms with E-state index in [0.717, 1.165) is 81.3 Å². The van der Waals surface area contributed by atoms with Gasteiger partial charge in [0.15, 0.2) is 0 Å². The normalized spacial score (nSPS) is 22.8. The summed E-state index contributed by atoms with van der Waals surface area (Å²) in [6, 6.07) is 12.8. The minimum absolute atomic E-state index is 0.00408. The van der Waals surface area contributed by atoms with Gasteiger partial charge < -0.3 is 49.1 Å². The summed E-state index contributed by atoms with van der Waals surface area (Å²) in [7, 11) is 0. The molecule has 0 atom stereocenters. The Morgan fingerprint density at radius 3 is 0.957 bits per heavy atom. The lowest BCUT2D eigenvalue weighted by molar-refractivity contribution is -0.138. The SMILES string of the molecule is C=CC(=O)N1CCC2(CC(n3nc(-c4ccc(C(F)(F)F)cc4)c(C(N)=O)c3N)C2)C1.C=CC(=O)N1CCC2(CC(n3nc(-c4ccc(C(F)(F)F)cc4)c(C(N)=O)c3N)C2)C1.CC#CC(=O)N1CCC2(CC(n3nc(-c4ccc(C(F)(F)F)cc4)c(C(N)=O)c3N)C2)C1. The maximum atomic E-state index is 12.9. The summed E-state index contributed by atoms with van der Waals surface area (Å²) >= 11 is 0. The molecule has 3 aliphatic carbocycles. The molecule has 496 valence electrons. The summed E-state index contributed by atoms with van der Waals surface area (Å²) in [4.78, 5) is 77.2. The second-order valence-corrected chi connectivity index (χ2v) is 24.9. The van der Waals surface area contributed by atoms with Crippen LogP contribution in [-0.4, -0.2) is 119 Å². The summed E-state index contributed by atoms with van der Waals surface area (Å²) in [5.74, 6) is 2.69. The average Bonchev–Trinajstić information content (AvgIpc) is 1.57. The fourth-order valence-corrected chi connectivity index (χ4v) is 14.1. The van der Waals surface area contributed by atoms with Crippen molar-refractivity contribution in [2.24, 2.45) is 33.4 Å². The number of anilines is 3. The standard InChI is InChI=1S/C22H22F3N5O2.2C21H22F3N5O2/c1-2-3-16(31)29-9-8-21(12-29)10-15(11-21)30-19(26)17(20(27)32)18(28-30)13-4-6-14(7-5-13)22(23,24)25;2*1-2-15(30)28-8-7-20(11-28)9-14(10-20)29-18(25)16(19(26)31)17(27-29)12-3-5-13(6-4-12)21(22,23)24/h4-7,15H,8-12,26H2,1H3,(H2,27,32);2*2-6,14H,1,7-11,25H2,(H2,26,31). The van der Waals surface area contributed by atoms with Crippen molar-refractivity contribution in [3.8, 4) is 45.6 Å². The number of nitrogens with zero attached hydrogens (tertiary/aromatic N) is 9. The van der Waals surface area contributed by atoms with E-state index in [1.165, 1.54) is 62.6 Å². The van der Waals surface area contributed by atoms with Crippen LogP contribution in [0.3, 0.4) is 0 Å². The van der Waals surface area contributed by atoms with Crippen molar-refractivity contribution in [3.63, 3.8) is 0 Å². The summed E-state index contributed by atoms with van der Waals surface area (Å²) < 4.78 is 120. The Hall–Kier alpha value is -10.1. The van der Waals surface area contributed by atoms with Gasteiger partial charge in [0.05, 0.1) is 34.8 Å². The molecule has 0 unspecified atom stereocenters. The number of nitrogen functional groups attached to an aromatic ring is 3. The Bertz CT molecular complexity index is 3900.